The van der Waals surface area contributed by atoms with Gasteiger partial charge in [-0.3, -0.25) is 16.3 Å². The highest BCUT2D eigenvalue weighted by Gasteiger charge is 2.14. The zero-order valence-corrected chi connectivity index (χ0v) is 12.1. The van der Waals surface area contributed by atoms with Crippen LogP contribution in [0, 0.1) is 5.82 Å². The van der Waals surface area contributed by atoms with E-state index in [-0.39, 0.29) is 17.6 Å². The van der Waals surface area contributed by atoms with Crippen LogP contribution in [-0.2, 0) is 12.8 Å². The summed E-state index contributed by atoms with van der Waals surface area (Å²) in [5.41, 5.74) is 4.35. The van der Waals surface area contributed by atoms with Gasteiger partial charge >= 0.3 is 0 Å². The van der Waals surface area contributed by atoms with Crippen molar-refractivity contribution in [2.24, 2.45) is 5.84 Å². The first-order valence-electron chi connectivity index (χ1n) is 6.92. The van der Waals surface area contributed by atoms with Crippen LogP contribution in [0.25, 0.3) is 0 Å². The second-order valence-corrected chi connectivity index (χ2v) is 4.86. The largest absolute Gasteiger partial charge is 0.494 e. The molecule has 0 aliphatic carbocycles. The maximum atomic E-state index is 14.1. The monoisotopic (exact) mass is 289 g/mol. The number of nitrogens with two attached hydrogens (primary N) is 1. The molecule has 2 rings (SSSR count). The Kier molecular flexibility index (Phi) is 5.66. The number of nitrogens with one attached hydrogen (secondary N) is 1. The second kappa shape index (κ2) is 7.71. The molecule has 0 saturated heterocycles. The van der Waals surface area contributed by atoms with Crippen molar-refractivity contribution in [2.45, 2.75) is 25.3 Å². The lowest BCUT2D eigenvalue weighted by atomic mass is 10.0. The lowest BCUT2D eigenvalue weighted by molar-refractivity contribution is 0.381. The van der Waals surface area contributed by atoms with Gasteiger partial charge in [-0.25, -0.2) is 4.39 Å². The number of rotatable bonds is 7. The molecule has 112 valence electrons. The fourth-order valence-corrected chi connectivity index (χ4v) is 2.25. The number of nitrogens with zero attached hydrogens (tertiary/aromatic N) is 1. The zero-order valence-electron chi connectivity index (χ0n) is 12.1. The molecule has 0 spiro atoms. The maximum Gasteiger partial charge on any atom is 0.168 e. The van der Waals surface area contributed by atoms with E-state index >= 15 is 0 Å². The van der Waals surface area contributed by atoms with Crippen molar-refractivity contribution in [1.29, 1.82) is 0 Å². The van der Waals surface area contributed by atoms with Crippen LogP contribution < -0.4 is 16.0 Å². The van der Waals surface area contributed by atoms with Crippen molar-refractivity contribution < 1.29 is 9.13 Å². The molecule has 1 heterocycles. The molecule has 1 aromatic carbocycles. The quantitative estimate of drug-likeness (QED) is 0.606. The van der Waals surface area contributed by atoms with Crippen molar-refractivity contribution in [3.05, 3.63) is 59.7 Å². The number of hydrazine groups is 1. The van der Waals surface area contributed by atoms with E-state index in [1.54, 1.807) is 24.4 Å². The smallest absolute Gasteiger partial charge is 0.168 e. The van der Waals surface area contributed by atoms with Crippen molar-refractivity contribution in [1.82, 2.24) is 10.4 Å². The first-order chi connectivity index (χ1) is 10.2. The highest BCUT2D eigenvalue weighted by molar-refractivity contribution is 5.31. The van der Waals surface area contributed by atoms with Gasteiger partial charge in [-0.1, -0.05) is 18.2 Å². The number of pyridine rings is 1. The molecule has 21 heavy (non-hydrogen) atoms. The topological polar surface area (TPSA) is 60.2 Å². The first kappa shape index (κ1) is 15.4. The number of benzene rings is 1. The summed E-state index contributed by atoms with van der Waals surface area (Å²) in [6.45, 7) is 0. The van der Waals surface area contributed by atoms with E-state index in [0.29, 0.717) is 12.0 Å². The van der Waals surface area contributed by atoms with Crippen LogP contribution in [0.2, 0.25) is 0 Å². The summed E-state index contributed by atoms with van der Waals surface area (Å²) in [6, 6.07) is 10.9. The van der Waals surface area contributed by atoms with E-state index in [4.69, 9.17) is 10.6 Å². The summed E-state index contributed by atoms with van der Waals surface area (Å²) in [7, 11) is 1.46. The average Bonchev–Trinajstić information content (AvgIpc) is 2.54. The molecule has 0 saturated carbocycles. The van der Waals surface area contributed by atoms with Gasteiger partial charge in [-0.15, -0.1) is 0 Å². The second-order valence-electron chi connectivity index (χ2n) is 4.86. The third kappa shape index (κ3) is 4.24. The Morgan fingerprint density at radius 3 is 2.81 bits per heavy atom. The Labute approximate surface area is 124 Å². The molecule has 0 aliphatic heterocycles. The van der Waals surface area contributed by atoms with Gasteiger partial charge in [0.15, 0.2) is 11.6 Å². The van der Waals surface area contributed by atoms with Crippen LogP contribution in [0.15, 0.2) is 42.6 Å². The number of aromatic nitrogens is 1. The van der Waals surface area contributed by atoms with Crippen molar-refractivity contribution in [2.75, 3.05) is 7.11 Å². The zero-order chi connectivity index (χ0) is 15.1. The van der Waals surface area contributed by atoms with Crippen molar-refractivity contribution >= 4 is 0 Å². The maximum absolute atomic E-state index is 14.1. The fourth-order valence-electron chi connectivity index (χ4n) is 2.25. The van der Waals surface area contributed by atoms with Gasteiger partial charge in [0.1, 0.15) is 0 Å². The molecule has 1 atom stereocenters. The molecule has 2 aromatic rings. The van der Waals surface area contributed by atoms with Gasteiger partial charge < -0.3 is 4.74 Å². The number of methoxy groups -OCH3 is 1. The normalized spacial score (nSPS) is 12.1. The predicted molar refractivity (Wildman–Crippen MR) is 80.3 cm³/mol. The van der Waals surface area contributed by atoms with Crippen LogP contribution in [-0.4, -0.2) is 18.1 Å². The summed E-state index contributed by atoms with van der Waals surface area (Å²) in [5.74, 6) is 5.52. The minimum atomic E-state index is -0.321. The Morgan fingerprint density at radius 2 is 2.14 bits per heavy atom. The number of aryl methyl sites for hydroxylation is 1. The van der Waals surface area contributed by atoms with Gasteiger partial charge in [0.2, 0.25) is 0 Å². The molecule has 0 bridgehead atoms. The van der Waals surface area contributed by atoms with E-state index in [0.717, 1.165) is 18.5 Å². The summed E-state index contributed by atoms with van der Waals surface area (Å²) in [5, 5.41) is 0. The van der Waals surface area contributed by atoms with Gasteiger partial charge in [0.25, 0.3) is 0 Å². The lowest BCUT2D eigenvalue weighted by Gasteiger charge is -2.16. The third-order valence-corrected chi connectivity index (χ3v) is 3.44. The highest BCUT2D eigenvalue weighted by atomic mass is 19.1. The molecule has 0 fully saturated rings. The number of hydrogen-bond donors (Lipinski definition) is 2. The van der Waals surface area contributed by atoms with Gasteiger partial charge in [-0.05, 0) is 43.0 Å². The number of hydrogen-bond acceptors (Lipinski definition) is 4. The van der Waals surface area contributed by atoms with Crippen molar-refractivity contribution in [3.63, 3.8) is 0 Å². The van der Waals surface area contributed by atoms with E-state index in [9.17, 15) is 4.39 Å². The molecule has 1 aromatic heterocycles. The van der Waals surface area contributed by atoms with Crippen LogP contribution in [0.4, 0.5) is 4.39 Å². The van der Waals surface area contributed by atoms with Crippen LogP contribution in [0.5, 0.6) is 5.75 Å². The Morgan fingerprint density at radius 1 is 1.29 bits per heavy atom. The first-order valence-corrected chi connectivity index (χ1v) is 6.92. The molecule has 5 heteroatoms. The molecular weight excluding hydrogens is 269 g/mol. The Hall–Kier alpha value is -1.98. The fraction of sp³-hybridized carbons (Fsp3) is 0.312. The van der Waals surface area contributed by atoms with Gasteiger partial charge in [0.05, 0.1) is 7.11 Å². The summed E-state index contributed by atoms with van der Waals surface area (Å²) >= 11 is 0. The molecular formula is C16H20FN3O. The standard InChI is InChI=1S/C16H20FN3O/c1-21-15-7-4-5-12(16(15)17)11-14(20-18)9-8-13-6-2-3-10-19-13/h2-7,10,14,20H,8-9,11,18H2,1H3. The number of halogens is 1. The average molecular weight is 289 g/mol. The third-order valence-electron chi connectivity index (χ3n) is 3.44. The molecule has 1 unspecified atom stereocenters. The predicted octanol–water partition coefficient (Wildman–Crippen LogP) is 2.24. The van der Waals surface area contributed by atoms with E-state index in [1.165, 1.54) is 7.11 Å². The van der Waals surface area contributed by atoms with Crippen molar-refractivity contribution in [3.8, 4) is 5.75 Å². The summed E-state index contributed by atoms with van der Waals surface area (Å²) in [6.07, 6.45) is 3.85. The Bertz CT molecular complexity index is 563. The van der Waals surface area contributed by atoms with Gasteiger partial charge in [0, 0.05) is 17.9 Å². The lowest BCUT2D eigenvalue weighted by Crippen LogP contribution is -2.37. The molecule has 4 nitrogen and oxygen atoms in total. The number of ether oxygens (including phenoxy) is 1. The van der Waals surface area contributed by atoms with Gasteiger partial charge in [-0.2, -0.15) is 0 Å². The summed E-state index contributed by atoms with van der Waals surface area (Å²) < 4.78 is 19.1. The molecule has 0 aliphatic rings. The van der Waals surface area contributed by atoms with Crippen LogP contribution in [0.1, 0.15) is 17.7 Å². The Balaban J connectivity index is 1.99. The minimum Gasteiger partial charge on any atom is -0.494 e. The molecule has 0 amide bonds. The highest BCUT2D eigenvalue weighted by Crippen LogP contribution is 2.21. The van der Waals surface area contributed by atoms with E-state index in [1.807, 2.05) is 18.2 Å². The SMILES string of the molecule is COc1cccc(CC(CCc2ccccn2)NN)c1F. The van der Waals surface area contributed by atoms with E-state index < -0.39 is 0 Å². The summed E-state index contributed by atoms with van der Waals surface area (Å²) in [4.78, 5) is 4.27. The van der Waals surface area contributed by atoms with Crippen LogP contribution in [0.3, 0.4) is 0 Å². The van der Waals surface area contributed by atoms with Crippen LogP contribution >= 0.6 is 0 Å². The molecule has 3 N–H and O–H groups in total. The minimum absolute atomic E-state index is 0.0198. The van der Waals surface area contributed by atoms with E-state index in [2.05, 4.69) is 10.4 Å². The molecule has 0 radical (unpaired) electrons.